The summed E-state index contributed by atoms with van der Waals surface area (Å²) in [6.07, 6.45) is 6.32. The van der Waals surface area contributed by atoms with Crippen molar-refractivity contribution in [1.29, 1.82) is 0 Å². The van der Waals surface area contributed by atoms with Crippen LogP contribution in [-0.2, 0) is 4.74 Å². The molecule has 3 nitrogen and oxygen atoms in total. The third-order valence-corrected chi connectivity index (χ3v) is 2.83. The van der Waals surface area contributed by atoms with E-state index in [1.807, 2.05) is 0 Å². The lowest BCUT2D eigenvalue weighted by atomic mass is 10.0. The Kier molecular flexibility index (Phi) is 5.45. The Hall–Kier alpha value is -0.120. The van der Waals surface area contributed by atoms with Gasteiger partial charge >= 0.3 is 0 Å². The summed E-state index contributed by atoms with van der Waals surface area (Å²) in [7, 11) is 4.18. The molecule has 1 aliphatic heterocycles. The zero-order valence-electron chi connectivity index (χ0n) is 9.54. The van der Waals surface area contributed by atoms with E-state index in [-0.39, 0.29) is 0 Å². The highest BCUT2D eigenvalue weighted by molar-refractivity contribution is 4.70. The first-order valence-electron chi connectivity index (χ1n) is 5.70. The molecule has 0 aromatic heterocycles. The lowest BCUT2D eigenvalue weighted by molar-refractivity contribution is 0.100. The van der Waals surface area contributed by atoms with Gasteiger partial charge in [-0.2, -0.15) is 0 Å². The predicted molar refractivity (Wildman–Crippen MR) is 59.4 cm³/mol. The Morgan fingerprint density at radius 3 is 2.79 bits per heavy atom. The van der Waals surface area contributed by atoms with Crippen molar-refractivity contribution in [1.82, 2.24) is 4.90 Å². The van der Waals surface area contributed by atoms with E-state index in [0.29, 0.717) is 12.1 Å². The quantitative estimate of drug-likeness (QED) is 0.701. The number of hydrogen-bond acceptors (Lipinski definition) is 3. The number of hydrogen-bond donors (Lipinski definition) is 1. The van der Waals surface area contributed by atoms with Gasteiger partial charge in [0.15, 0.2) is 0 Å². The van der Waals surface area contributed by atoms with Gasteiger partial charge in [0.1, 0.15) is 0 Å². The van der Waals surface area contributed by atoms with E-state index in [0.717, 1.165) is 32.4 Å². The largest absolute Gasteiger partial charge is 0.378 e. The van der Waals surface area contributed by atoms with Crippen LogP contribution in [0.25, 0.3) is 0 Å². The van der Waals surface area contributed by atoms with Crippen LogP contribution in [-0.4, -0.2) is 44.3 Å². The second-order valence-electron chi connectivity index (χ2n) is 4.56. The molecule has 1 aliphatic rings. The number of ether oxygens (including phenoxy) is 1. The number of rotatable bonds is 6. The van der Waals surface area contributed by atoms with Gasteiger partial charge in [0, 0.05) is 12.6 Å². The lowest BCUT2D eigenvalue weighted by Gasteiger charge is -2.16. The van der Waals surface area contributed by atoms with Crippen LogP contribution in [0, 0.1) is 0 Å². The van der Waals surface area contributed by atoms with E-state index in [4.69, 9.17) is 10.5 Å². The summed E-state index contributed by atoms with van der Waals surface area (Å²) >= 11 is 0. The van der Waals surface area contributed by atoms with E-state index in [2.05, 4.69) is 19.0 Å². The maximum absolute atomic E-state index is 6.02. The topological polar surface area (TPSA) is 38.5 Å². The molecule has 0 amide bonds. The van der Waals surface area contributed by atoms with Crippen LogP contribution >= 0.6 is 0 Å². The molecule has 1 heterocycles. The van der Waals surface area contributed by atoms with Crippen LogP contribution in [0.2, 0.25) is 0 Å². The first-order chi connectivity index (χ1) is 6.68. The summed E-state index contributed by atoms with van der Waals surface area (Å²) in [5.74, 6) is 0. The third-order valence-electron chi connectivity index (χ3n) is 2.83. The van der Waals surface area contributed by atoms with Crippen LogP contribution in [0.3, 0.4) is 0 Å². The van der Waals surface area contributed by atoms with Crippen LogP contribution in [0.4, 0.5) is 0 Å². The van der Waals surface area contributed by atoms with E-state index < -0.39 is 0 Å². The fraction of sp³-hybridized carbons (Fsp3) is 1.00. The molecule has 0 aromatic carbocycles. The van der Waals surface area contributed by atoms with Crippen molar-refractivity contribution in [2.24, 2.45) is 5.73 Å². The van der Waals surface area contributed by atoms with Gasteiger partial charge in [0.05, 0.1) is 6.10 Å². The van der Waals surface area contributed by atoms with Gasteiger partial charge in [0.2, 0.25) is 0 Å². The second-order valence-corrected chi connectivity index (χ2v) is 4.56. The van der Waals surface area contributed by atoms with Crippen LogP contribution in [0.5, 0.6) is 0 Å². The Bertz CT molecular complexity index is 144. The highest BCUT2D eigenvalue weighted by Crippen LogP contribution is 2.17. The lowest BCUT2D eigenvalue weighted by Crippen LogP contribution is -2.27. The average molecular weight is 200 g/mol. The number of nitrogens with two attached hydrogens (primary N) is 1. The zero-order chi connectivity index (χ0) is 10.4. The molecule has 0 bridgehead atoms. The van der Waals surface area contributed by atoms with Crippen molar-refractivity contribution in [3.05, 3.63) is 0 Å². The fourth-order valence-electron chi connectivity index (χ4n) is 1.84. The zero-order valence-corrected chi connectivity index (χ0v) is 9.54. The minimum absolute atomic E-state index is 0.349. The summed E-state index contributed by atoms with van der Waals surface area (Å²) in [5.41, 5.74) is 6.02. The van der Waals surface area contributed by atoms with Crippen LogP contribution in [0.1, 0.15) is 32.1 Å². The number of nitrogens with zero attached hydrogens (tertiary/aromatic N) is 1. The highest BCUT2D eigenvalue weighted by Gasteiger charge is 2.16. The molecule has 1 fully saturated rings. The van der Waals surface area contributed by atoms with Gasteiger partial charge in [-0.3, -0.25) is 0 Å². The molecular formula is C11H24N2O. The molecule has 1 saturated heterocycles. The monoisotopic (exact) mass is 200 g/mol. The molecule has 3 heteroatoms. The van der Waals surface area contributed by atoms with Crippen molar-refractivity contribution in [2.75, 3.05) is 27.2 Å². The van der Waals surface area contributed by atoms with Gasteiger partial charge in [-0.1, -0.05) is 0 Å². The molecule has 2 N–H and O–H groups in total. The summed E-state index contributed by atoms with van der Waals surface area (Å²) in [6, 6.07) is 0.349. The van der Waals surface area contributed by atoms with E-state index in [1.165, 1.54) is 12.8 Å². The molecule has 14 heavy (non-hydrogen) atoms. The normalized spacial score (nSPS) is 24.4. The molecule has 0 saturated carbocycles. The van der Waals surface area contributed by atoms with Gasteiger partial charge < -0.3 is 15.4 Å². The Morgan fingerprint density at radius 1 is 1.43 bits per heavy atom. The highest BCUT2D eigenvalue weighted by atomic mass is 16.5. The molecule has 0 radical (unpaired) electrons. The Balaban J connectivity index is 1.99. The van der Waals surface area contributed by atoms with E-state index in [9.17, 15) is 0 Å². The molecule has 2 unspecified atom stereocenters. The van der Waals surface area contributed by atoms with E-state index >= 15 is 0 Å². The van der Waals surface area contributed by atoms with Crippen molar-refractivity contribution in [2.45, 2.75) is 44.2 Å². The Labute approximate surface area is 87.6 Å². The van der Waals surface area contributed by atoms with Crippen molar-refractivity contribution in [3.8, 4) is 0 Å². The minimum atomic E-state index is 0.349. The second kappa shape index (κ2) is 6.38. The molecule has 0 spiro atoms. The molecule has 2 atom stereocenters. The summed E-state index contributed by atoms with van der Waals surface area (Å²) in [6.45, 7) is 2.05. The van der Waals surface area contributed by atoms with Crippen molar-refractivity contribution in [3.63, 3.8) is 0 Å². The van der Waals surface area contributed by atoms with E-state index in [1.54, 1.807) is 0 Å². The van der Waals surface area contributed by atoms with Crippen molar-refractivity contribution < 1.29 is 4.74 Å². The van der Waals surface area contributed by atoms with Gasteiger partial charge in [-0.15, -0.1) is 0 Å². The maximum Gasteiger partial charge on any atom is 0.0576 e. The maximum atomic E-state index is 6.02. The minimum Gasteiger partial charge on any atom is -0.378 e. The SMILES string of the molecule is CN(C)CCC(N)CCC1CCCO1. The third kappa shape index (κ3) is 4.94. The predicted octanol–water partition coefficient (Wildman–Crippen LogP) is 1.22. The average Bonchev–Trinajstić information content (AvgIpc) is 2.63. The summed E-state index contributed by atoms with van der Waals surface area (Å²) < 4.78 is 5.56. The molecule has 84 valence electrons. The Morgan fingerprint density at radius 2 is 2.21 bits per heavy atom. The van der Waals surface area contributed by atoms with Gasteiger partial charge in [0.25, 0.3) is 0 Å². The first kappa shape index (κ1) is 12.0. The molecule has 0 aliphatic carbocycles. The van der Waals surface area contributed by atoms with Crippen LogP contribution in [0.15, 0.2) is 0 Å². The molecular weight excluding hydrogens is 176 g/mol. The smallest absolute Gasteiger partial charge is 0.0576 e. The van der Waals surface area contributed by atoms with Crippen LogP contribution < -0.4 is 5.73 Å². The molecule has 0 aromatic rings. The summed E-state index contributed by atoms with van der Waals surface area (Å²) in [5, 5.41) is 0. The first-order valence-corrected chi connectivity index (χ1v) is 5.70. The van der Waals surface area contributed by atoms with Gasteiger partial charge in [-0.05, 0) is 52.7 Å². The fourth-order valence-corrected chi connectivity index (χ4v) is 1.84. The molecule has 1 rings (SSSR count). The van der Waals surface area contributed by atoms with Crippen molar-refractivity contribution >= 4 is 0 Å². The summed E-state index contributed by atoms with van der Waals surface area (Å²) in [4.78, 5) is 2.19. The standard InChI is InChI=1S/C11H24N2O/c1-13(2)8-7-10(12)5-6-11-4-3-9-14-11/h10-11H,3-9,12H2,1-2H3. The van der Waals surface area contributed by atoms with Gasteiger partial charge in [-0.25, -0.2) is 0 Å².